The van der Waals surface area contributed by atoms with Gasteiger partial charge >= 0.3 is 0 Å². The molecule has 0 amide bonds. The first kappa shape index (κ1) is 15.0. The summed E-state index contributed by atoms with van der Waals surface area (Å²) in [5.41, 5.74) is 3.14. The lowest BCUT2D eigenvalue weighted by atomic mass is 9.68. The quantitative estimate of drug-likeness (QED) is 0.780. The van der Waals surface area contributed by atoms with Crippen LogP contribution in [0.4, 0.5) is 0 Å². The predicted molar refractivity (Wildman–Crippen MR) is 80.9 cm³/mol. The molecule has 1 aromatic carbocycles. The molecule has 3 unspecified atom stereocenters. The molecule has 0 radical (unpaired) electrons. The molecule has 2 nitrogen and oxygen atoms in total. The largest absolute Gasteiger partial charge is 0.299 e. The van der Waals surface area contributed by atoms with E-state index in [0.717, 1.165) is 24.0 Å². The van der Waals surface area contributed by atoms with Crippen LogP contribution in [0, 0.1) is 25.7 Å². The van der Waals surface area contributed by atoms with E-state index in [2.05, 4.69) is 19.9 Å². The summed E-state index contributed by atoms with van der Waals surface area (Å²) in [5.74, 6) is 0.00909. The summed E-state index contributed by atoms with van der Waals surface area (Å²) in [6.07, 6.45) is 2.31. The number of Topliss-reactive ketones (excluding diaryl/α,β-unsaturated/α-hetero) is 2. The second kappa shape index (κ2) is 5.90. The van der Waals surface area contributed by atoms with Crippen molar-refractivity contribution in [3.63, 3.8) is 0 Å². The summed E-state index contributed by atoms with van der Waals surface area (Å²) < 4.78 is 0. The lowest BCUT2D eigenvalue weighted by Gasteiger charge is -2.33. The first-order valence-electron chi connectivity index (χ1n) is 7.63. The number of benzene rings is 1. The Morgan fingerprint density at radius 2 is 1.80 bits per heavy atom. The number of hydrogen-bond donors (Lipinski definition) is 0. The fourth-order valence-corrected chi connectivity index (χ4v) is 3.56. The Hall–Kier alpha value is -1.44. The van der Waals surface area contributed by atoms with Crippen LogP contribution < -0.4 is 0 Å². The molecule has 0 aliphatic heterocycles. The Kier molecular flexibility index (Phi) is 4.42. The number of aryl methyl sites for hydroxylation is 2. The van der Waals surface area contributed by atoms with Gasteiger partial charge in [-0.2, -0.15) is 0 Å². The van der Waals surface area contributed by atoms with Gasteiger partial charge in [0.15, 0.2) is 5.78 Å². The molecule has 0 aromatic heterocycles. The third-order valence-corrected chi connectivity index (χ3v) is 4.70. The van der Waals surface area contributed by atoms with E-state index in [0.29, 0.717) is 6.42 Å². The zero-order valence-corrected chi connectivity index (χ0v) is 12.9. The van der Waals surface area contributed by atoms with Gasteiger partial charge in [0, 0.05) is 12.3 Å². The zero-order chi connectivity index (χ0) is 14.9. The summed E-state index contributed by atoms with van der Waals surface area (Å²) in [5, 5.41) is 0. The molecule has 2 heteroatoms. The second-order valence-electron chi connectivity index (χ2n) is 6.05. The Bertz CT molecular complexity index is 530. The number of rotatable bonds is 3. The molecule has 0 heterocycles. The van der Waals surface area contributed by atoms with Crippen LogP contribution in [0.1, 0.15) is 55.7 Å². The van der Waals surface area contributed by atoms with Crippen LogP contribution >= 0.6 is 0 Å². The van der Waals surface area contributed by atoms with Crippen molar-refractivity contribution in [3.8, 4) is 0 Å². The molecular weight excluding hydrogens is 248 g/mol. The SMILES string of the molecule is CCC1CC(=O)C(c2ccc(C)cc2C)C(=O)C1CC. The summed E-state index contributed by atoms with van der Waals surface area (Å²) in [6, 6.07) is 6.02. The van der Waals surface area contributed by atoms with E-state index in [1.807, 2.05) is 26.0 Å². The maximum absolute atomic E-state index is 12.8. The van der Waals surface area contributed by atoms with Crippen molar-refractivity contribution in [3.05, 3.63) is 34.9 Å². The Morgan fingerprint density at radius 1 is 1.10 bits per heavy atom. The van der Waals surface area contributed by atoms with Crippen LogP contribution in [-0.2, 0) is 9.59 Å². The van der Waals surface area contributed by atoms with Gasteiger partial charge in [-0.1, -0.05) is 44.0 Å². The van der Waals surface area contributed by atoms with Crippen molar-refractivity contribution in [2.75, 3.05) is 0 Å². The molecule has 20 heavy (non-hydrogen) atoms. The fourth-order valence-electron chi connectivity index (χ4n) is 3.56. The highest BCUT2D eigenvalue weighted by atomic mass is 16.2. The molecule has 0 saturated heterocycles. The van der Waals surface area contributed by atoms with Crippen LogP contribution in [0.15, 0.2) is 18.2 Å². The molecule has 1 aromatic rings. The molecule has 0 bridgehead atoms. The Labute approximate surface area is 121 Å². The van der Waals surface area contributed by atoms with E-state index in [4.69, 9.17) is 0 Å². The van der Waals surface area contributed by atoms with Crippen molar-refractivity contribution in [2.24, 2.45) is 11.8 Å². The first-order chi connectivity index (χ1) is 9.49. The third kappa shape index (κ3) is 2.56. The topological polar surface area (TPSA) is 34.1 Å². The molecule has 1 aliphatic carbocycles. The van der Waals surface area contributed by atoms with Crippen LogP contribution in [0.2, 0.25) is 0 Å². The van der Waals surface area contributed by atoms with Gasteiger partial charge in [-0.25, -0.2) is 0 Å². The molecule has 1 aliphatic rings. The standard InChI is InChI=1S/C18H24O2/c1-5-13-10-16(19)17(18(20)14(13)6-2)15-8-7-11(3)9-12(15)4/h7-9,13-14,17H,5-6,10H2,1-4H3. The number of carbonyl (C=O) groups is 2. The van der Waals surface area contributed by atoms with E-state index >= 15 is 0 Å². The lowest BCUT2D eigenvalue weighted by molar-refractivity contribution is -0.138. The monoisotopic (exact) mass is 272 g/mol. The minimum Gasteiger partial charge on any atom is -0.299 e. The highest BCUT2D eigenvalue weighted by Gasteiger charge is 2.42. The summed E-state index contributed by atoms with van der Waals surface area (Å²) in [7, 11) is 0. The van der Waals surface area contributed by atoms with Crippen LogP contribution in [0.5, 0.6) is 0 Å². The van der Waals surface area contributed by atoms with Gasteiger partial charge in [-0.3, -0.25) is 9.59 Å². The van der Waals surface area contributed by atoms with Crippen molar-refractivity contribution in [2.45, 2.75) is 52.9 Å². The van der Waals surface area contributed by atoms with E-state index in [-0.39, 0.29) is 23.4 Å². The summed E-state index contributed by atoms with van der Waals surface area (Å²) >= 11 is 0. The third-order valence-electron chi connectivity index (χ3n) is 4.70. The second-order valence-corrected chi connectivity index (χ2v) is 6.05. The van der Waals surface area contributed by atoms with Gasteiger partial charge in [0.25, 0.3) is 0 Å². The van der Waals surface area contributed by atoms with E-state index in [9.17, 15) is 9.59 Å². The molecule has 0 spiro atoms. The molecule has 2 rings (SSSR count). The summed E-state index contributed by atoms with van der Waals surface area (Å²) in [4.78, 5) is 25.2. The highest BCUT2D eigenvalue weighted by Crippen LogP contribution is 2.38. The zero-order valence-electron chi connectivity index (χ0n) is 12.9. The summed E-state index contributed by atoms with van der Waals surface area (Å²) in [6.45, 7) is 8.16. The Balaban J connectivity index is 2.40. The van der Waals surface area contributed by atoms with Crippen molar-refractivity contribution < 1.29 is 9.59 Å². The highest BCUT2D eigenvalue weighted by molar-refractivity contribution is 6.10. The Morgan fingerprint density at radius 3 is 2.35 bits per heavy atom. The number of carbonyl (C=O) groups excluding carboxylic acids is 2. The predicted octanol–water partition coefficient (Wildman–Crippen LogP) is 3.98. The number of ketones is 2. The van der Waals surface area contributed by atoms with Gasteiger partial charge in [-0.15, -0.1) is 0 Å². The van der Waals surface area contributed by atoms with Gasteiger partial charge < -0.3 is 0 Å². The van der Waals surface area contributed by atoms with Crippen molar-refractivity contribution >= 4 is 11.6 Å². The molecular formula is C18H24O2. The molecule has 108 valence electrons. The van der Waals surface area contributed by atoms with Crippen molar-refractivity contribution in [1.29, 1.82) is 0 Å². The van der Waals surface area contributed by atoms with Crippen molar-refractivity contribution in [1.82, 2.24) is 0 Å². The van der Waals surface area contributed by atoms with Gasteiger partial charge in [-0.05, 0) is 37.3 Å². The maximum Gasteiger partial charge on any atom is 0.151 e. The molecule has 1 saturated carbocycles. The lowest BCUT2D eigenvalue weighted by Crippen LogP contribution is -2.39. The van der Waals surface area contributed by atoms with Crippen LogP contribution in [0.25, 0.3) is 0 Å². The van der Waals surface area contributed by atoms with Gasteiger partial charge in [0.2, 0.25) is 0 Å². The fraction of sp³-hybridized carbons (Fsp3) is 0.556. The first-order valence-corrected chi connectivity index (χ1v) is 7.63. The minimum absolute atomic E-state index is 0.0448. The maximum atomic E-state index is 12.8. The molecule has 0 N–H and O–H groups in total. The molecule has 1 fully saturated rings. The average Bonchev–Trinajstić information content (AvgIpc) is 2.40. The minimum atomic E-state index is -0.525. The number of hydrogen-bond acceptors (Lipinski definition) is 2. The normalized spacial score (nSPS) is 26.9. The smallest absolute Gasteiger partial charge is 0.151 e. The average molecular weight is 272 g/mol. The van der Waals surface area contributed by atoms with E-state index in [1.165, 1.54) is 5.56 Å². The van der Waals surface area contributed by atoms with E-state index in [1.54, 1.807) is 0 Å². The molecule has 3 atom stereocenters. The van der Waals surface area contributed by atoms with E-state index < -0.39 is 5.92 Å². The van der Waals surface area contributed by atoms with Gasteiger partial charge in [0.1, 0.15) is 11.7 Å². The van der Waals surface area contributed by atoms with Crippen LogP contribution in [0.3, 0.4) is 0 Å². The van der Waals surface area contributed by atoms with Crippen LogP contribution in [-0.4, -0.2) is 11.6 Å². The van der Waals surface area contributed by atoms with Gasteiger partial charge in [0.05, 0.1) is 0 Å².